The Kier molecular flexibility index (Phi) is 8.99. The van der Waals surface area contributed by atoms with Gasteiger partial charge in [0.2, 0.25) is 0 Å². The van der Waals surface area contributed by atoms with Crippen LogP contribution in [0.15, 0.2) is 30.3 Å². The summed E-state index contributed by atoms with van der Waals surface area (Å²) in [4.78, 5) is 14.8. The number of ether oxygens (including phenoxy) is 1. The van der Waals surface area contributed by atoms with Crippen LogP contribution < -0.4 is 5.32 Å². The van der Waals surface area contributed by atoms with Crippen LogP contribution in [0.5, 0.6) is 0 Å². The second-order valence-corrected chi connectivity index (χ2v) is 20.2. The average molecular weight is 661 g/mol. The van der Waals surface area contributed by atoms with Crippen LogP contribution in [-0.2, 0) is 4.74 Å². The van der Waals surface area contributed by atoms with Crippen molar-refractivity contribution in [2.75, 3.05) is 44.8 Å². The maximum absolute atomic E-state index is 12.1. The largest absolute Gasteiger partial charge is 0.465 e. The van der Waals surface area contributed by atoms with Crippen molar-refractivity contribution in [1.29, 1.82) is 0 Å². The van der Waals surface area contributed by atoms with Crippen molar-refractivity contribution in [2.24, 2.45) is 45.3 Å². The van der Waals surface area contributed by atoms with E-state index < -0.39 is 0 Å². The standard InChI is InChI=1S/C42H64N2O2S/c1-8-47-28-26-44(27-29-47)25-24-43-42-19-9-10-34(42)33-15-16-36-39(4)20-17-32(30-11-13-31(14-12-30)37(45)46-7)38(2,3)35(39)18-21-41(36,6)40(33,5)22-23-42/h8,11-14,17,33-36,43H,9-10,15-16,18-29H2,1-7H3/t33-,34-,35+,36-,39+,40-,41-,42+/m1/s1. The molecule has 4 nitrogen and oxygen atoms in total. The average Bonchev–Trinajstić information content (AvgIpc) is 3.49. The molecule has 1 saturated heterocycles. The highest BCUT2D eigenvalue weighted by atomic mass is 32.2. The molecule has 5 aliphatic carbocycles. The number of nitrogens with one attached hydrogen (secondary N) is 1. The first-order valence-corrected chi connectivity index (χ1v) is 20.9. The molecular weight excluding hydrogens is 597 g/mol. The van der Waals surface area contributed by atoms with Crippen molar-refractivity contribution in [1.82, 2.24) is 10.2 Å². The van der Waals surface area contributed by atoms with E-state index in [2.05, 4.69) is 75.3 Å². The molecular formula is C42H64N2O2S. The third-order valence-corrected chi connectivity index (χ3v) is 18.2. The summed E-state index contributed by atoms with van der Waals surface area (Å²) in [5, 5.41) is 6.78. The van der Waals surface area contributed by atoms with Gasteiger partial charge in [-0.3, -0.25) is 0 Å². The molecule has 0 unspecified atom stereocenters. The third kappa shape index (κ3) is 5.29. The second-order valence-electron chi connectivity index (χ2n) is 17.9. The highest BCUT2D eigenvalue weighted by molar-refractivity contribution is 8.15. The number of carbonyl (C=O) groups is 1. The molecule has 1 aromatic rings. The van der Waals surface area contributed by atoms with Crippen LogP contribution in [-0.4, -0.2) is 66.6 Å². The van der Waals surface area contributed by atoms with Gasteiger partial charge in [0.25, 0.3) is 0 Å². The Morgan fingerprint density at radius 2 is 1.66 bits per heavy atom. The van der Waals surface area contributed by atoms with Gasteiger partial charge in [-0.05, 0) is 133 Å². The summed E-state index contributed by atoms with van der Waals surface area (Å²) in [5.41, 5.74) is 5.03. The molecule has 0 amide bonds. The summed E-state index contributed by atoms with van der Waals surface area (Å²) >= 11 is 0. The van der Waals surface area contributed by atoms with E-state index in [4.69, 9.17) is 4.74 Å². The predicted molar refractivity (Wildman–Crippen MR) is 200 cm³/mol. The quantitative estimate of drug-likeness (QED) is 0.244. The minimum atomic E-state index is -0.258. The fourth-order valence-corrected chi connectivity index (χ4v) is 15.2. The van der Waals surface area contributed by atoms with E-state index in [-0.39, 0.29) is 11.4 Å². The molecule has 1 aromatic carbocycles. The normalized spacial score (nSPS) is 41.6. The number of nitrogens with zero attached hydrogens (tertiary/aromatic N) is 1. The van der Waals surface area contributed by atoms with E-state index in [9.17, 15) is 4.79 Å². The first-order chi connectivity index (χ1) is 22.4. The molecule has 1 heterocycles. The zero-order valence-corrected chi connectivity index (χ0v) is 31.6. The van der Waals surface area contributed by atoms with Crippen LogP contribution in [0.4, 0.5) is 0 Å². The van der Waals surface area contributed by atoms with Gasteiger partial charge in [0, 0.05) is 43.2 Å². The molecule has 0 spiro atoms. The van der Waals surface area contributed by atoms with Crippen LogP contribution in [0, 0.1) is 45.3 Å². The fraction of sp³-hybridized carbons (Fsp3) is 0.762. The summed E-state index contributed by atoms with van der Waals surface area (Å²) in [7, 11) is 2.03. The smallest absolute Gasteiger partial charge is 0.337 e. The summed E-state index contributed by atoms with van der Waals surface area (Å²) in [6.45, 7) is 20.6. The Balaban J connectivity index is 1.09. The molecule has 0 bridgehead atoms. The number of fused-ring (bicyclic) bond motifs is 7. The lowest BCUT2D eigenvalue weighted by Crippen LogP contribution is -2.67. The maximum atomic E-state index is 12.1. The SMILES string of the molecule is CC=S1CCN(CCN[C@]23CCC[C@@H]2[C@H]2CC[C@@H]4[C@@]5(C)CC=C(c6ccc(C(=O)OC)cc6)C(C)(C)[C@@H]5CC[C@@]4(C)[C@]2(C)CC3)CC1. The van der Waals surface area contributed by atoms with Gasteiger partial charge >= 0.3 is 5.97 Å². The van der Waals surface area contributed by atoms with Crippen LogP contribution in [0.3, 0.4) is 0 Å². The van der Waals surface area contributed by atoms with Crippen molar-refractivity contribution in [3.8, 4) is 0 Å². The molecule has 4 saturated carbocycles. The molecule has 47 heavy (non-hydrogen) atoms. The molecule has 8 atom stereocenters. The van der Waals surface area contributed by atoms with E-state index in [0.717, 1.165) is 17.8 Å². The predicted octanol–water partition coefficient (Wildman–Crippen LogP) is 9.07. The van der Waals surface area contributed by atoms with Crippen LogP contribution in [0.1, 0.15) is 122 Å². The summed E-state index contributed by atoms with van der Waals surface area (Å²) in [6.07, 6.45) is 16.4. The lowest BCUT2D eigenvalue weighted by atomic mass is 9.33. The molecule has 5 fully saturated rings. The second kappa shape index (κ2) is 12.4. The first kappa shape index (κ1) is 34.0. The summed E-state index contributed by atoms with van der Waals surface area (Å²) in [5.74, 6) is 5.66. The number of rotatable bonds is 6. The topological polar surface area (TPSA) is 41.6 Å². The van der Waals surface area contributed by atoms with E-state index >= 15 is 0 Å². The lowest BCUT2D eigenvalue weighted by Gasteiger charge is -2.72. The minimum Gasteiger partial charge on any atom is -0.465 e. The number of hydrogen-bond acceptors (Lipinski definition) is 4. The first-order valence-electron chi connectivity index (χ1n) is 19.2. The van der Waals surface area contributed by atoms with E-state index in [1.165, 1.54) is 120 Å². The fourth-order valence-electron chi connectivity index (χ4n) is 13.5. The van der Waals surface area contributed by atoms with Gasteiger partial charge in [0.1, 0.15) is 0 Å². The Bertz CT molecular complexity index is 1410. The van der Waals surface area contributed by atoms with Crippen molar-refractivity contribution in [3.63, 3.8) is 0 Å². The summed E-state index contributed by atoms with van der Waals surface area (Å²) in [6, 6.07) is 8.19. The van der Waals surface area contributed by atoms with Crippen molar-refractivity contribution >= 4 is 27.4 Å². The van der Waals surface area contributed by atoms with Gasteiger partial charge in [0.05, 0.1) is 12.7 Å². The van der Waals surface area contributed by atoms with Crippen LogP contribution in [0.2, 0.25) is 0 Å². The van der Waals surface area contributed by atoms with Gasteiger partial charge in [-0.1, -0.05) is 64.6 Å². The molecule has 7 rings (SSSR count). The van der Waals surface area contributed by atoms with E-state index in [1.54, 1.807) is 0 Å². The van der Waals surface area contributed by atoms with Gasteiger partial charge in [0.15, 0.2) is 0 Å². The zero-order valence-electron chi connectivity index (χ0n) is 30.8. The molecule has 6 aliphatic rings. The highest BCUT2D eigenvalue weighted by Crippen LogP contribution is 2.76. The van der Waals surface area contributed by atoms with E-state index in [1.807, 2.05) is 12.1 Å². The van der Waals surface area contributed by atoms with Gasteiger partial charge < -0.3 is 15.0 Å². The Hall–Kier alpha value is -1.43. The van der Waals surface area contributed by atoms with Crippen molar-refractivity contribution in [2.45, 2.75) is 111 Å². The lowest BCUT2D eigenvalue weighted by molar-refractivity contribution is -0.217. The maximum Gasteiger partial charge on any atom is 0.337 e. The number of allylic oxidation sites excluding steroid dienone is 2. The minimum absolute atomic E-state index is 0.0977. The number of esters is 1. The number of carbonyl (C=O) groups excluding carboxylic acids is 1. The zero-order chi connectivity index (χ0) is 33.2. The van der Waals surface area contributed by atoms with Gasteiger partial charge in [-0.2, -0.15) is 10.5 Å². The monoisotopic (exact) mass is 660 g/mol. The molecule has 5 heteroatoms. The third-order valence-electron chi connectivity index (χ3n) is 16.1. The van der Waals surface area contributed by atoms with Crippen LogP contribution in [0.25, 0.3) is 5.57 Å². The molecule has 0 radical (unpaired) electrons. The van der Waals surface area contributed by atoms with Crippen LogP contribution >= 0.6 is 10.5 Å². The van der Waals surface area contributed by atoms with Crippen molar-refractivity contribution in [3.05, 3.63) is 41.5 Å². The summed E-state index contributed by atoms with van der Waals surface area (Å²) < 4.78 is 4.97. The Labute approximate surface area is 289 Å². The molecule has 0 aromatic heterocycles. The Morgan fingerprint density at radius 3 is 2.36 bits per heavy atom. The number of hydrogen-bond donors (Lipinski definition) is 1. The van der Waals surface area contributed by atoms with E-state index in [0.29, 0.717) is 43.7 Å². The molecule has 1 N–H and O–H groups in total. The Morgan fingerprint density at radius 1 is 0.915 bits per heavy atom. The number of benzene rings is 1. The highest BCUT2D eigenvalue weighted by Gasteiger charge is 2.69. The molecule has 260 valence electrons. The number of methoxy groups -OCH3 is 1. The molecule has 1 aliphatic heterocycles. The van der Waals surface area contributed by atoms with Crippen molar-refractivity contribution < 1.29 is 9.53 Å². The van der Waals surface area contributed by atoms with Gasteiger partial charge in [-0.25, -0.2) is 4.79 Å². The van der Waals surface area contributed by atoms with Gasteiger partial charge in [-0.15, -0.1) is 0 Å².